The molecule has 0 atom stereocenters. The lowest BCUT2D eigenvalue weighted by atomic mass is 10.0. The number of fused-ring (bicyclic) bond motifs is 2. The molecule has 0 aliphatic carbocycles. The fourth-order valence-electron chi connectivity index (χ4n) is 2.78. The topological polar surface area (TPSA) is 25.8 Å². The maximum absolute atomic E-state index is 4.83. The maximum atomic E-state index is 4.83. The minimum absolute atomic E-state index is 0.936. The van der Waals surface area contributed by atoms with Gasteiger partial charge in [-0.3, -0.25) is 0 Å². The molecule has 1 aromatic heterocycles. The molecule has 1 heterocycles. The minimum atomic E-state index is 0.936. The molecule has 3 aromatic carbocycles. The quantitative estimate of drug-likeness (QED) is 0.498. The van der Waals surface area contributed by atoms with Crippen LogP contribution in [0.4, 0.5) is 0 Å². The molecule has 0 aliphatic rings. The maximum Gasteiger partial charge on any atom is 0.0928 e. The second kappa shape index (κ2) is 4.67. The van der Waals surface area contributed by atoms with Crippen molar-refractivity contribution in [2.75, 3.05) is 0 Å². The van der Waals surface area contributed by atoms with Crippen LogP contribution in [0.2, 0.25) is 0 Å². The molecule has 2 nitrogen and oxygen atoms in total. The van der Waals surface area contributed by atoms with Gasteiger partial charge in [0.2, 0.25) is 0 Å². The van der Waals surface area contributed by atoms with Crippen LogP contribution in [0, 0.1) is 6.92 Å². The average molecular weight is 270 g/mol. The van der Waals surface area contributed by atoms with Gasteiger partial charge in [0.05, 0.1) is 22.4 Å². The van der Waals surface area contributed by atoms with Crippen molar-refractivity contribution in [3.8, 4) is 11.3 Å². The van der Waals surface area contributed by atoms with Crippen molar-refractivity contribution in [2.24, 2.45) is 0 Å². The number of benzene rings is 3. The zero-order valence-corrected chi connectivity index (χ0v) is 11.7. The first kappa shape index (κ1) is 12.0. The lowest BCUT2D eigenvalue weighted by Crippen LogP contribution is -1.94. The third-order valence-electron chi connectivity index (χ3n) is 3.79. The molecule has 100 valence electrons. The Morgan fingerprint density at radius 2 is 1.33 bits per heavy atom. The second-order valence-electron chi connectivity index (χ2n) is 5.17. The molecule has 0 fully saturated rings. The Labute approximate surface area is 123 Å². The lowest BCUT2D eigenvalue weighted by Gasteiger charge is -2.09. The van der Waals surface area contributed by atoms with Crippen molar-refractivity contribution in [3.63, 3.8) is 0 Å². The summed E-state index contributed by atoms with van der Waals surface area (Å²) in [5, 5.41) is 2.44. The van der Waals surface area contributed by atoms with Crippen LogP contribution in [-0.2, 0) is 0 Å². The van der Waals surface area contributed by atoms with E-state index in [4.69, 9.17) is 9.97 Å². The van der Waals surface area contributed by atoms with E-state index in [1.807, 2.05) is 31.2 Å². The normalized spacial score (nSPS) is 11.1. The molecule has 0 N–H and O–H groups in total. The zero-order valence-electron chi connectivity index (χ0n) is 11.7. The number of nitrogens with zero attached hydrogens (tertiary/aromatic N) is 2. The average Bonchev–Trinajstić information content (AvgIpc) is 2.54. The number of hydrogen-bond acceptors (Lipinski definition) is 2. The molecular formula is C19H14N2. The lowest BCUT2D eigenvalue weighted by molar-refractivity contribution is 1.19. The first-order valence-electron chi connectivity index (χ1n) is 7.04. The van der Waals surface area contributed by atoms with Gasteiger partial charge < -0.3 is 0 Å². The van der Waals surface area contributed by atoms with Crippen molar-refractivity contribution >= 4 is 21.8 Å². The molecule has 0 aliphatic heterocycles. The molecule has 0 spiro atoms. The van der Waals surface area contributed by atoms with Crippen LogP contribution in [0.15, 0.2) is 66.7 Å². The van der Waals surface area contributed by atoms with Gasteiger partial charge in [-0.15, -0.1) is 0 Å². The SMILES string of the molecule is Cc1nc2ccccc2nc1-c1cccc2ccccc12. The summed E-state index contributed by atoms with van der Waals surface area (Å²) in [5.41, 5.74) is 4.95. The summed E-state index contributed by atoms with van der Waals surface area (Å²) in [5.74, 6) is 0. The molecule has 21 heavy (non-hydrogen) atoms. The Morgan fingerprint density at radius 1 is 0.667 bits per heavy atom. The van der Waals surface area contributed by atoms with Gasteiger partial charge in [-0.05, 0) is 29.8 Å². The molecule has 0 radical (unpaired) electrons. The molecule has 2 heteroatoms. The molecule has 4 aromatic rings. The van der Waals surface area contributed by atoms with Crippen molar-refractivity contribution in [3.05, 3.63) is 72.4 Å². The van der Waals surface area contributed by atoms with Crippen LogP contribution in [0.3, 0.4) is 0 Å². The number of rotatable bonds is 1. The standard InChI is InChI=1S/C19H14N2/c1-13-19(21-18-12-5-4-11-17(18)20-13)16-10-6-8-14-7-2-3-9-15(14)16/h2-12H,1H3. The Morgan fingerprint density at radius 3 is 2.19 bits per heavy atom. The van der Waals surface area contributed by atoms with Crippen molar-refractivity contribution in [2.45, 2.75) is 6.92 Å². The third-order valence-corrected chi connectivity index (χ3v) is 3.79. The Hall–Kier alpha value is -2.74. The van der Waals surface area contributed by atoms with Crippen LogP contribution in [0.1, 0.15) is 5.69 Å². The highest BCUT2D eigenvalue weighted by molar-refractivity contribution is 5.97. The molecule has 0 bridgehead atoms. The van der Waals surface area contributed by atoms with Gasteiger partial charge in [0, 0.05) is 5.56 Å². The van der Waals surface area contributed by atoms with Gasteiger partial charge in [-0.25, -0.2) is 9.97 Å². The highest BCUT2D eigenvalue weighted by Gasteiger charge is 2.10. The van der Waals surface area contributed by atoms with Crippen LogP contribution in [0.25, 0.3) is 33.1 Å². The molecule has 0 unspecified atom stereocenters. The van der Waals surface area contributed by atoms with Crippen LogP contribution in [-0.4, -0.2) is 9.97 Å². The summed E-state index contributed by atoms with van der Waals surface area (Å²) in [4.78, 5) is 9.53. The Bertz CT molecular complexity index is 952. The fraction of sp³-hybridized carbons (Fsp3) is 0.0526. The Balaban J connectivity index is 2.06. The highest BCUT2D eigenvalue weighted by Crippen LogP contribution is 2.29. The van der Waals surface area contributed by atoms with E-state index < -0.39 is 0 Å². The molecule has 0 saturated heterocycles. The van der Waals surface area contributed by atoms with E-state index in [1.54, 1.807) is 0 Å². The number of aryl methyl sites for hydroxylation is 1. The van der Waals surface area contributed by atoms with Gasteiger partial charge in [0.25, 0.3) is 0 Å². The van der Waals surface area contributed by atoms with Crippen LogP contribution in [0.5, 0.6) is 0 Å². The minimum Gasteiger partial charge on any atom is -0.249 e. The summed E-state index contributed by atoms with van der Waals surface area (Å²) < 4.78 is 0. The summed E-state index contributed by atoms with van der Waals surface area (Å²) in [7, 11) is 0. The number of aromatic nitrogens is 2. The predicted molar refractivity (Wildman–Crippen MR) is 87.2 cm³/mol. The summed E-state index contributed by atoms with van der Waals surface area (Å²) in [6.45, 7) is 2.02. The molecular weight excluding hydrogens is 256 g/mol. The molecule has 0 saturated carbocycles. The smallest absolute Gasteiger partial charge is 0.0928 e. The number of para-hydroxylation sites is 2. The largest absolute Gasteiger partial charge is 0.249 e. The Kier molecular flexibility index (Phi) is 2.68. The monoisotopic (exact) mass is 270 g/mol. The fourth-order valence-corrected chi connectivity index (χ4v) is 2.78. The van der Waals surface area contributed by atoms with Crippen LogP contribution < -0.4 is 0 Å². The van der Waals surface area contributed by atoms with Gasteiger partial charge >= 0.3 is 0 Å². The molecule has 0 amide bonds. The van der Waals surface area contributed by atoms with Gasteiger partial charge in [0.15, 0.2) is 0 Å². The van der Waals surface area contributed by atoms with Crippen molar-refractivity contribution in [1.29, 1.82) is 0 Å². The zero-order chi connectivity index (χ0) is 14.2. The van der Waals surface area contributed by atoms with E-state index in [-0.39, 0.29) is 0 Å². The van der Waals surface area contributed by atoms with Crippen LogP contribution >= 0.6 is 0 Å². The van der Waals surface area contributed by atoms with E-state index in [9.17, 15) is 0 Å². The summed E-state index contributed by atoms with van der Waals surface area (Å²) >= 11 is 0. The van der Waals surface area contributed by atoms with Crippen molar-refractivity contribution in [1.82, 2.24) is 9.97 Å². The highest BCUT2D eigenvalue weighted by atomic mass is 14.8. The predicted octanol–water partition coefficient (Wildman–Crippen LogP) is 4.76. The molecule has 4 rings (SSSR count). The van der Waals surface area contributed by atoms with E-state index in [0.29, 0.717) is 0 Å². The van der Waals surface area contributed by atoms with E-state index >= 15 is 0 Å². The second-order valence-corrected chi connectivity index (χ2v) is 5.17. The van der Waals surface area contributed by atoms with Gasteiger partial charge in [-0.1, -0.05) is 54.6 Å². The van der Waals surface area contributed by atoms with Crippen molar-refractivity contribution < 1.29 is 0 Å². The van der Waals surface area contributed by atoms with E-state index in [2.05, 4.69) is 42.5 Å². The summed E-state index contributed by atoms with van der Waals surface area (Å²) in [6, 6.07) is 22.7. The number of hydrogen-bond donors (Lipinski definition) is 0. The third kappa shape index (κ3) is 1.96. The van der Waals surface area contributed by atoms with E-state index in [1.165, 1.54) is 10.8 Å². The van der Waals surface area contributed by atoms with Gasteiger partial charge in [-0.2, -0.15) is 0 Å². The van der Waals surface area contributed by atoms with Gasteiger partial charge in [0.1, 0.15) is 0 Å². The first-order valence-corrected chi connectivity index (χ1v) is 7.04. The summed E-state index contributed by atoms with van der Waals surface area (Å²) in [6.07, 6.45) is 0. The first-order chi connectivity index (χ1) is 10.3. The van der Waals surface area contributed by atoms with E-state index in [0.717, 1.165) is 28.0 Å².